The molecular formula is C32H31NO2. The first-order valence-electron chi connectivity index (χ1n) is 12.3. The van der Waals surface area contributed by atoms with E-state index >= 15 is 0 Å². The molecule has 0 radical (unpaired) electrons. The molecule has 1 amide bonds. The Kier molecular flexibility index (Phi) is 6.78. The number of carbonyl (C=O) groups is 1. The highest BCUT2D eigenvalue weighted by Gasteiger charge is 2.40. The van der Waals surface area contributed by atoms with Gasteiger partial charge < -0.3 is 9.64 Å². The van der Waals surface area contributed by atoms with Gasteiger partial charge in [0.05, 0.1) is 12.6 Å². The highest BCUT2D eigenvalue weighted by Crippen LogP contribution is 2.41. The maximum Gasteiger partial charge on any atom is 0.223 e. The molecule has 1 fully saturated rings. The Morgan fingerprint density at radius 3 is 1.63 bits per heavy atom. The second-order valence-electron chi connectivity index (χ2n) is 9.29. The zero-order chi connectivity index (χ0) is 24.1. The zero-order valence-electron chi connectivity index (χ0n) is 20.1. The molecule has 176 valence electrons. The Morgan fingerprint density at radius 1 is 0.743 bits per heavy atom. The minimum atomic E-state index is -0.759. The molecule has 35 heavy (non-hydrogen) atoms. The van der Waals surface area contributed by atoms with Gasteiger partial charge in [0.25, 0.3) is 0 Å². The average Bonchev–Trinajstić information content (AvgIpc) is 3.31. The highest BCUT2D eigenvalue weighted by molar-refractivity contribution is 5.79. The summed E-state index contributed by atoms with van der Waals surface area (Å²) in [5, 5.41) is 0. The third kappa shape index (κ3) is 4.65. The molecule has 3 heteroatoms. The molecule has 0 spiro atoms. The summed E-state index contributed by atoms with van der Waals surface area (Å²) in [6.45, 7) is 3.30. The summed E-state index contributed by atoms with van der Waals surface area (Å²) in [5.74, 6) is 0.323. The average molecular weight is 462 g/mol. The van der Waals surface area contributed by atoms with Gasteiger partial charge in [-0.05, 0) is 29.2 Å². The maximum atomic E-state index is 13.0. The quantitative estimate of drug-likeness (QED) is 0.277. The van der Waals surface area contributed by atoms with Crippen molar-refractivity contribution in [2.75, 3.05) is 13.2 Å². The molecule has 0 N–H and O–H groups in total. The smallest absolute Gasteiger partial charge is 0.223 e. The lowest BCUT2D eigenvalue weighted by atomic mass is 9.80. The summed E-state index contributed by atoms with van der Waals surface area (Å²) in [6.07, 6.45) is 0.506. The number of carbonyl (C=O) groups excluding carboxylic acids is 1. The fourth-order valence-corrected chi connectivity index (χ4v) is 5.22. The maximum absolute atomic E-state index is 13.0. The van der Waals surface area contributed by atoms with Crippen molar-refractivity contribution in [3.8, 4) is 0 Å². The molecular weight excluding hydrogens is 430 g/mol. The Labute approximate surface area is 208 Å². The van der Waals surface area contributed by atoms with Gasteiger partial charge in [-0.3, -0.25) is 4.79 Å². The number of rotatable bonds is 8. The summed E-state index contributed by atoms with van der Waals surface area (Å²) in [5.41, 5.74) is 3.64. The molecule has 1 aliphatic heterocycles. The fourth-order valence-electron chi connectivity index (χ4n) is 5.22. The largest absolute Gasteiger partial charge is 0.360 e. The molecule has 4 aromatic carbocycles. The van der Waals surface area contributed by atoms with E-state index in [1.807, 2.05) is 41.3 Å². The van der Waals surface area contributed by atoms with Crippen LogP contribution in [0.5, 0.6) is 0 Å². The van der Waals surface area contributed by atoms with E-state index in [0.29, 0.717) is 19.6 Å². The summed E-state index contributed by atoms with van der Waals surface area (Å²) in [6, 6.07) is 41.5. The second-order valence-corrected chi connectivity index (χ2v) is 9.29. The number of amides is 1. The summed E-state index contributed by atoms with van der Waals surface area (Å²) in [7, 11) is 0. The molecule has 0 unspecified atom stereocenters. The number of ether oxygens (including phenoxy) is 1. The van der Waals surface area contributed by atoms with Crippen LogP contribution in [0, 0.1) is 5.92 Å². The van der Waals surface area contributed by atoms with Crippen molar-refractivity contribution in [1.82, 2.24) is 4.90 Å². The standard InChI is InChI=1S/C32H31NO2/c1-25(27-14-6-2-7-15-27)33-23-26(22-31(33)34)24-35-32(28-16-8-3-9-17-28,29-18-10-4-11-19-29)30-20-12-5-13-21-30/h2-21,25-26H,22-24H2,1H3/t25-,26+/m0/s1. The van der Waals surface area contributed by atoms with E-state index in [-0.39, 0.29) is 17.9 Å². The fraction of sp³-hybridized carbons (Fsp3) is 0.219. The van der Waals surface area contributed by atoms with Crippen molar-refractivity contribution >= 4 is 5.91 Å². The number of benzene rings is 4. The minimum absolute atomic E-state index is 0.0517. The van der Waals surface area contributed by atoms with Crippen molar-refractivity contribution in [2.24, 2.45) is 5.92 Å². The second kappa shape index (κ2) is 10.3. The van der Waals surface area contributed by atoms with Crippen molar-refractivity contribution in [2.45, 2.75) is 25.0 Å². The molecule has 1 heterocycles. The van der Waals surface area contributed by atoms with Crippen molar-refractivity contribution in [1.29, 1.82) is 0 Å². The van der Waals surface area contributed by atoms with E-state index in [1.165, 1.54) is 0 Å². The zero-order valence-corrected chi connectivity index (χ0v) is 20.1. The Morgan fingerprint density at radius 2 is 1.17 bits per heavy atom. The molecule has 0 aromatic heterocycles. The lowest BCUT2D eigenvalue weighted by Gasteiger charge is -2.37. The molecule has 1 aliphatic rings. The summed E-state index contributed by atoms with van der Waals surface area (Å²) >= 11 is 0. The Bertz CT molecular complexity index is 1130. The van der Waals surface area contributed by atoms with Crippen molar-refractivity contribution < 1.29 is 9.53 Å². The van der Waals surface area contributed by atoms with Crippen LogP contribution in [0.1, 0.15) is 41.6 Å². The van der Waals surface area contributed by atoms with E-state index in [4.69, 9.17) is 4.74 Å². The molecule has 3 nitrogen and oxygen atoms in total. The first-order chi connectivity index (χ1) is 17.2. The molecule has 0 saturated carbocycles. The number of likely N-dealkylation sites (tertiary alicyclic amines) is 1. The van der Waals surface area contributed by atoms with Crippen LogP contribution in [0.2, 0.25) is 0 Å². The van der Waals surface area contributed by atoms with E-state index in [2.05, 4.69) is 91.9 Å². The van der Waals surface area contributed by atoms with Crippen LogP contribution < -0.4 is 0 Å². The van der Waals surface area contributed by atoms with Crippen LogP contribution in [0.15, 0.2) is 121 Å². The van der Waals surface area contributed by atoms with Gasteiger partial charge in [-0.25, -0.2) is 0 Å². The molecule has 1 saturated heterocycles. The lowest BCUT2D eigenvalue weighted by Crippen LogP contribution is -2.35. The molecule has 0 aliphatic carbocycles. The van der Waals surface area contributed by atoms with E-state index in [1.54, 1.807) is 0 Å². The minimum Gasteiger partial charge on any atom is -0.360 e. The van der Waals surface area contributed by atoms with Gasteiger partial charge in [0, 0.05) is 18.9 Å². The van der Waals surface area contributed by atoms with Crippen LogP contribution in [-0.4, -0.2) is 24.0 Å². The summed E-state index contributed by atoms with van der Waals surface area (Å²) in [4.78, 5) is 15.0. The number of hydrogen-bond donors (Lipinski definition) is 0. The Hall–Kier alpha value is -3.69. The van der Waals surface area contributed by atoms with Crippen molar-refractivity contribution in [3.63, 3.8) is 0 Å². The van der Waals surface area contributed by atoms with E-state index in [9.17, 15) is 4.79 Å². The lowest BCUT2D eigenvalue weighted by molar-refractivity contribution is -0.129. The SMILES string of the molecule is C[C@@H](c1ccccc1)N1C[C@H](COC(c2ccccc2)(c2ccccc2)c2ccccc2)CC1=O. The molecule has 0 bridgehead atoms. The molecule has 5 rings (SSSR count). The van der Waals surface area contributed by atoms with Crippen LogP contribution >= 0.6 is 0 Å². The van der Waals surface area contributed by atoms with Gasteiger partial charge in [0.1, 0.15) is 5.60 Å². The van der Waals surface area contributed by atoms with Gasteiger partial charge in [0.15, 0.2) is 0 Å². The first-order valence-corrected chi connectivity index (χ1v) is 12.3. The Balaban J connectivity index is 1.46. The third-order valence-corrected chi connectivity index (χ3v) is 7.06. The van der Waals surface area contributed by atoms with E-state index < -0.39 is 5.60 Å². The van der Waals surface area contributed by atoms with Gasteiger partial charge in [0.2, 0.25) is 5.91 Å². The van der Waals surface area contributed by atoms with Gasteiger partial charge in [-0.1, -0.05) is 121 Å². The van der Waals surface area contributed by atoms with Crippen LogP contribution in [0.3, 0.4) is 0 Å². The van der Waals surface area contributed by atoms with Crippen LogP contribution in [0.4, 0.5) is 0 Å². The van der Waals surface area contributed by atoms with Crippen LogP contribution in [-0.2, 0) is 15.1 Å². The number of hydrogen-bond acceptors (Lipinski definition) is 2. The van der Waals surface area contributed by atoms with Gasteiger partial charge in [-0.2, -0.15) is 0 Å². The predicted octanol–water partition coefficient (Wildman–Crippen LogP) is 6.60. The topological polar surface area (TPSA) is 29.5 Å². The summed E-state index contributed by atoms with van der Waals surface area (Å²) < 4.78 is 6.98. The predicted molar refractivity (Wildman–Crippen MR) is 140 cm³/mol. The normalized spacial score (nSPS) is 16.9. The molecule has 2 atom stereocenters. The monoisotopic (exact) mass is 461 g/mol. The van der Waals surface area contributed by atoms with E-state index in [0.717, 1.165) is 22.3 Å². The first kappa shape index (κ1) is 23.1. The van der Waals surface area contributed by atoms with Gasteiger partial charge >= 0.3 is 0 Å². The third-order valence-electron chi connectivity index (χ3n) is 7.06. The molecule has 4 aromatic rings. The van der Waals surface area contributed by atoms with Crippen LogP contribution in [0.25, 0.3) is 0 Å². The van der Waals surface area contributed by atoms with Gasteiger partial charge in [-0.15, -0.1) is 0 Å². The highest BCUT2D eigenvalue weighted by atomic mass is 16.5. The number of nitrogens with zero attached hydrogens (tertiary/aromatic N) is 1. The van der Waals surface area contributed by atoms with Crippen molar-refractivity contribution in [3.05, 3.63) is 144 Å².